The number of aryl methyl sites for hydroxylation is 1. The summed E-state index contributed by atoms with van der Waals surface area (Å²) in [5, 5.41) is 3.50. The second kappa shape index (κ2) is 7.90. The van der Waals surface area contributed by atoms with Crippen LogP contribution in [0.15, 0.2) is 18.2 Å². The molecule has 1 aromatic carbocycles. The Hall–Kier alpha value is -0.930. The molecule has 1 N–H and O–H groups in total. The van der Waals surface area contributed by atoms with Gasteiger partial charge in [0.05, 0.1) is 0 Å². The molecule has 2 unspecified atom stereocenters. The molecule has 0 saturated heterocycles. The number of nitrogens with one attached hydrogen (secondary N) is 1. The molecule has 1 rings (SSSR count). The maximum absolute atomic E-state index is 13.3. The van der Waals surface area contributed by atoms with Crippen molar-refractivity contribution < 1.29 is 4.39 Å². The van der Waals surface area contributed by atoms with Crippen LogP contribution in [0.5, 0.6) is 0 Å². The Balaban J connectivity index is 3.04. The Morgan fingerprint density at radius 1 is 1.24 bits per heavy atom. The van der Waals surface area contributed by atoms with E-state index in [1.807, 2.05) is 20.0 Å². The van der Waals surface area contributed by atoms with E-state index in [9.17, 15) is 4.39 Å². The first-order valence-corrected chi connectivity index (χ1v) is 8.10. The third-order valence-electron chi connectivity index (χ3n) is 5.03. The molecular weight excluding hydrogens is 263 g/mol. The lowest BCUT2D eigenvalue weighted by atomic mass is 9.82. The number of hydrogen-bond donors (Lipinski definition) is 1. The molecule has 0 aliphatic heterocycles. The zero-order chi connectivity index (χ0) is 16.0. The van der Waals surface area contributed by atoms with E-state index in [1.165, 1.54) is 5.56 Å². The first kappa shape index (κ1) is 18.1. The van der Waals surface area contributed by atoms with Crippen molar-refractivity contribution in [1.82, 2.24) is 10.2 Å². The van der Waals surface area contributed by atoms with Crippen molar-refractivity contribution >= 4 is 0 Å². The van der Waals surface area contributed by atoms with Crippen LogP contribution in [0.1, 0.15) is 45.2 Å². The molecule has 0 bridgehead atoms. The summed E-state index contributed by atoms with van der Waals surface area (Å²) >= 11 is 0. The Morgan fingerprint density at radius 2 is 1.86 bits per heavy atom. The zero-order valence-electron chi connectivity index (χ0n) is 14.5. The number of rotatable bonds is 8. The van der Waals surface area contributed by atoms with Crippen molar-refractivity contribution in [3.8, 4) is 0 Å². The van der Waals surface area contributed by atoms with Gasteiger partial charge in [0.25, 0.3) is 0 Å². The summed E-state index contributed by atoms with van der Waals surface area (Å²) in [6.45, 7) is 13.1. The van der Waals surface area contributed by atoms with Gasteiger partial charge in [0.2, 0.25) is 0 Å². The molecule has 0 saturated carbocycles. The first-order valence-electron chi connectivity index (χ1n) is 8.10. The summed E-state index contributed by atoms with van der Waals surface area (Å²) in [5.41, 5.74) is 2.36. The van der Waals surface area contributed by atoms with Crippen molar-refractivity contribution in [3.63, 3.8) is 0 Å². The molecule has 120 valence electrons. The van der Waals surface area contributed by atoms with Gasteiger partial charge in [-0.25, -0.2) is 4.39 Å². The average Bonchev–Trinajstić information content (AvgIpc) is 2.47. The van der Waals surface area contributed by atoms with Crippen LogP contribution in [0.4, 0.5) is 4.39 Å². The monoisotopic (exact) mass is 294 g/mol. The molecule has 0 fully saturated rings. The fraction of sp³-hybridized carbons (Fsp3) is 0.667. The summed E-state index contributed by atoms with van der Waals surface area (Å²) in [4.78, 5) is 2.52. The highest BCUT2D eigenvalue weighted by molar-refractivity contribution is 5.28. The smallest absolute Gasteiger partial charge is 0.123 e. The highest BCUT2D eigenvalue weighted by Gasteiger charge is 2.36. The molecule has 2 nitrogen and oxygen atoms in total. The minimum Gasteiger partial charge on any atom is -0.315 e. The summed E-state index contributed by atoms with van der Waals surface area (Å²) < 4.78 is 13.3. The van der Waals surface area contributed by atoms with E-state index in [1.54, 1.807) is 12.1 Å². The fourth-order valence-corrected chi connectivity index (χ4v) is 3.38. The minimum atomic E-state index is -0.153. The molecule has 0 aromatic heterocycles. The maximum atomic E-state index is 13.3. The molecule has 3 heteroatoms. The Kier molecular flexibility index (Phi) is 6.82. The lowest BCUT2D eigenvalue weighted by molar-refractivity contribution is 0.0730. The van der Waals surface area contributed by atoms with E-state index in [4.69, 9.17) is 0 Å². The van der Waals surface area contributed by atoms with Crippen molar-refractivity contribution in [2.45, 2.75) is 59.0 Å². The van der Waals surface area contributed by atoms with Crippen LogP contribution < -0.4 is 5.32 Å². The van der Waals surface area contributed by atoms with Gasteiger partial charge < -0.3 is 5.32 Å². The summed E-state index contributed by atoms with van der Waals surface area (Å²) in [7, 11) is 2.03. The van der Waals surface area contributed by atoms with Gasteiger partial charge in [-0.1, -0.05) is 26.8 Å². The third-order valence-corrected chi connectivity index (χ3v) is 5.03. The Labute approximate surface area is 129 Å². The number of likely N-dealkylation sites (N-methyl/N-ethyl adjacent to an activating group) is 2. The molecule has 1 aromatic rings. The molecule has 0 radical (unpaired) electrons. The first-order chi connectivity index (χ1) is 9.92. The lowest BCUT2D eigenvalue weighted by Crippen LogP contribution is -2.59. The van der Waals surface area contributed by atoms with Gasteiger partial charge in [-0.2, -0.15) is 0 Å². The summed E-state index contributed by atoms with van der Waals surface area (Å²) in [6.07, 6.45) is 2.00. The molecule has 0 heterocycles. The Bertz CT molecular complexity index is 443. The zero-order valence-corrected chi connectivity index (χ0v) is 14.5. The van der Waals surface area contributed by atoms with Gasteiger partial charge in [0.15, 0.2) is 0 Å². The highest BCUT2D eigenvalue weighted by atomic mass is 19.1. The molecule has 0 amide bonds. The molecular formula is C18H31FN2. The number of halogens is 1. The van der Waals surface area contributed by atoms with Crippen LogP contribution in [0, 0.1) is 12.7 Å². The molecule has 0 aliphatic rings. The van der Waals surface area contributed by atoms with Crippen molar-refractivity contribution in [1.29, 1.82) is 0 Å². The second-order valence-corrected chi connectivity index (χ2v) is 6.00. The lowest BCUT2D eigenvalue weighted by Gasteiger charge is -2.46. The van der Waals surface area contributed by atoms with Crippen molar-refractivity contribution in [2.24, 2.45) is 0 Å². The van der Waals surface area contributed by atoms with Gasteiger partial charge in [-0.3, -0.25) is 4.90 Å². The van der Waals surface area contributed by atoms with Gasteiger partial charge in [0.1, 0.15) is 5.82 Å². The van der Waals surface area contributed by atoms with Crippen LogP contribution >= 0.6 is 0 Å². The van der Waals surface area contributed by atoms with Crippen LogP contribution in [-0.2, 0) is 6.42 Å². The van der Waals surface area contributed by atoms with Crippen LogP contribution in [-0.4, -0.2) is 36.6 Å². The number of hydrogen-bond acceptors (Lipinski definition) is 2. The minimum absolute atomic E-state index is 0.0963. The molecule has 0 aliphatic carbocycles. The van der Waals surface area contributed by atoms with Gasteiger partial charge >= 0.3 is 0 Å². The molecule has 2 atom stereocenters. The highest BCUT2D eigenvalue weighted by Crippen LogP contribution is 2.27. The standard InChI is InChI=1S/C18H31FN2/c1-7-18(5,21(8-2)9-3)17(20-6)13-15-10-11-16(19)12-14(15)4/h10-12,17,20H,7-9,13H2,1-6H3. The van der Waals surface area contributed by atoms with Gasteiger partial charge in [-0.05, 0) is 70.1 Å². The maximum Gasteiger partial charge on any atom is 0.123 e. The number of benzene rings is 1. The van der Waals surface area contributed by atoms with Gasteiger partial charge in [0, 0.05) is 11.6 Å². The largest absolute Gasteiger partial charge is 0.315 e. The van der Waals surface area contributed by atoms with Gasteiger partial charge in [-0.15, -0.1) is 0 Å². The third kappa shape index (κ3) is 4.04. The van der Waals surface area contributed by atoms with Crippen molar-refractivity contribution in [3.05, 3.63) is 35.1 Å². The quantitative estimate of drug-likeness (QED) is 0.785. The van der Waals surface area contributed by atoms with Crippen LogP contribution in [0.2, 0.25) is 0 Å². The van der Waals surface area contributed by atoms with Crippen LogP contribution in [0.25, 0.3) is 0 Å². The summed E-state index contributed by atoms with van der Waals surface area (Å²) in [5.74, 6) is -0.153. The van der Waals surface area contributed by atoms with E-state index in [-0.39, 0.29) is 11.4 Å². The summed E-state index contributed by atoms with van der Waals surface area (Å²) in [6, 6.07) is 5.46. The Morgan fingerprint density at radius 3 is 2.29 bits per heavy atom. The topological polar surface area (TPSA) is 15.3 Å². The molecule has 0 spiro atoms. The predicted molar refractivity (Wildman–Crippen MR) is 89.3 cm³/mol. The SMILES string of the molecule is CCN(CC)C(C)(CC)C(Cc1ccc(F)cc1C)NC. The average molecular weight is 294 g/mol. The van der Waals surface area contributed by atoms with E-state index in [0.29, 0.717) is 6.04 Å². The van der Waals surface area contributed by atoms with E-state index in [0.717, 1.165) is 31.5 Å². The predicted octanol–water partition coefficient (Wildman–Crippen LogP) is 3.78. The van der Waals surface area contributed by atoms with E-state index >= 15 is 0 Å². The fourth-order valence-electron chi connectivity index (χ4n) is 3.38. The molecule has 21 heavy (non-hydrogen) atoms. The normalized spacial score (nSPS) is 16.0. The van der Waals surface area contributed by atoms with Crippen molar-refractivity contribution in [2.75, 3.05) is 20.1 Å². The van der Waals surface area contributed by atoms with E-state index in [2.05, 4.69) is 37.9 Å². The number of nitrogens with zero attached hydrogens (tertiary/aromatic N) is 1. The van der Waals surface area contributed by atoms with E-state index < -0.39 is 0 Å². The van der Waals surface area contributed by atoms with Crippen LogP contribution in [0.3, 0.4) is 0 Å². The second-order valence-electron chi connectivity index (χ2n) is 6.00.